The maximum Gasteiger partial charge on any atom is 0.138 e. The van der Waals surface area contributed by atoms with Gasteiger partial charge in [-0.15, -0.1) is 12.4 Å². The van der Waals surface area contributed by atoms with Crippen molar-refractivity contribution in [2.45, 2.75) is 20.4 Å². The Labute approximate surface area is 108 Å². The fourth-order valence-electron chi connectivity index (χ4n) is 3.03. The average molecular weight is 258 g/mol. The largest absolute Gasteiger partial charge is 0.361 e. The van der Waals surface area contributed by atoms with Crippen LogP contribution in [0.2, 0.25) is 0 Å². The maximum absolute atomic E-state index is 5.21. The number of hydrogen-bond acceptors (Lipinski definition) is 4. The molecule has 0 saturated carbocycles. The zero-order valence-electron chi connectivity index (χ0n) is 10.4. The Morgan fingerprint density at radius 2 is 1.94 bits per heavy atom. The third-order valence-corrected chi connectivity index (χ3v) is 4.03. The van der Waals surface area contributed by atoms with E-state index in [1.807, 2.05) is 13.8 Å². The average Bonchev–Trinajstić information content (AvgIpc) is 2.88. The van der Waals surface area contributed by atoms with Crippen molar-refractivity contribution in [1.82, 2.24) is 15.4 Å². The number of halogens is 1. The molecule has 2 fully saturated rings. The highest BCUT2D eigenvalue weighted by molar-refractivity contribution is 5.85. The lowest BCUT2D eigenvalue weighted by Crippen LogP contribution is -2.25. The van der Waals surface area contributed by atoms with E-state index in [9.17, 15) is 0 Å². The van der Waals surface area contributed by atoms with Crippen molar-refractivity contribution in [2.75, 3.05) is 26.2 Å². The van der Waals surface area contributed by atoms with Crippen molar-refractivity contribution in [3.8, 4) is 0 Å². The van der Waals surface area contributed by atoms with Crippen LogP contribution in [0.3, 0.4) is 0 Å². The first-order chi connectivity index (χ1) is 7.74. The number of nitrogens with one attached hydrogen (secondary N) is 1. The van der Waals surface area contributed by atoms with E-state index in [1.165, 1.54) is 31.7 Å². The van der Waals surface area contributed by atoms with Gasteiger partial charge in [-0.1, -0.05) is 5.16 Å². The van der Waals surface area contributed by atoms with Crippen molar-refractivity contribution in [1.29, 1.82) is 0 Å². The van der Waals surface area contributed by atoms with Gasteiger partial charge < -0.3 is 9.84 Å². The lowest BCUT2D eigenvalue weighted by atomic mass is 10.0. The molecule has 0 aliphatic carbocycles. The summed E-state index contributed by atoms with van der Waals surface area (Å²) in [6, 6.07) is 0. The van der Waals surface area contributed by atoms with E-state index in [1.54, 1.807) is 0 Å². The van der Waals surface area contributed by atoms with Crippen molar-refractivity contribution in [3.05, 3.63) is 17.0 Å². The Hall–Kier alpha value is -0.580. The van der Waals surface area contributed by atoms with Crippen LogP contribution in [0, 0.1) is 25.7 Å². The highest BCUT2D eigenvalue weighted by atomic mass is 35.5. The van der Waals surface area contributed by atoms with Gasteiger partial charge in [-0.3, -0.25) is 4.90 Å². The first kappa shape index (κ1) is 12.9. The standard InChI is InChI=1S/C12H19N3O.ClH/c1-8-12(9(2)16-14-8)7-15-5-10-3-13-4-11(10)6-15;/h10-11,13H,3-7H2,1-2H3;1H/t10-,11+;. The molecule has 0 amide bonds. The molecule has 0 bridgehead atoms. The van der Waals surface area contributed by atoms with Gasteiger partial charge in [-0.2, -0.15) is 0 Å². The third-order valence-electron chi connectivity index (χ3n) is 4.03. The normalized spacial score (nSPS) is 28.1. The van der Waals surface area contributed by atoms with Gasteiger partial charge >= 0.3 is 0 Å². The van der Waals surface area contributed by atoms with Gasteiger partial charge in [-0.05, 0) is 38.8 Å². The van der Waals surface area contributed by atoms with Crippen LogP contribution in [-0.4, -0.2) is 36.2 Å². The summed E-state index contributed by atoms with van der Waals surface area (Å²) in [5.74, 6) is 2.70. The van der Waals surface area contributed by atoms with E-state index in [0.29, 0.717) is 0 Å². The molecule has 2 aliphatic heterocycles. The number of rotatable bonds is 2. The Balaban J connectivity index is 0.00000108. The number of hydrogen-bond donors (Lipinski definition) is 1. The summed E-state index contributed by atoms with van der Waals surface area (Å²) < 4.78 is 5.21. The number of fused-ring (bicyclic) bond motifs is 1. The molecule has 0 unspecified atom stereocenters. The van der Waals surface area contributed by atoms with Gasteiger partial charge in [-0.25, -0.2) is 0 Å². The predicted molar refractivity (Wildman–Crippen MR) is 68.4 cm³/mol. The summed E-state index contributed by atoms with van der Waals surface area (Å²) >= 11 is 0. The van der Waals surface area contributed by atoms with Crippen LogP contribution in [0.15, 0.2) is 4.52 Å². The minimum absolute atomic E-state index is 0. The monoisotopic (exact) mass is 257 g/mol. The number of nitrogens with zero attached hydrogens (tertiary/aromatic N) is 2. The molecular weight excluding hydrogens is 238 g/mol. The molecule has 96 valence electrons. The molecule has 1 aromatic rings. The summed E-state index contributed by atoms with van der Waals surface area (Å²) in [5, 5.41) is 7.49. The molecule has 1 N–H and O–H groups in total. The molecule has 5 heteroatoms. The second-order valence-corrected chi connectivity index (χ2v) is 5.18. The second kappa shape index (κ2) is 4.96. The Kier molecular flexibility index (Phi) is 3.76. The van der Waals surface area contributed by atoms with Gasteiger partial charge in [0, 0.05) is 25.2 Å². The third kappa shape index (κ3) is 2.34. The molecule has 0 aromatic carbocycles. The smallest absolute Gasteiger partial charge is 0.138 e. The molecule has 0 radical (unpaired) electrons. The van der Waals surface area contributed by atoms with Crippen LogP contribution >= 0.6 is 12.4 Å². The minimum atomic E-state index is 0. The minimum Gasteiger partial charge on any atom is -0.361 e. The molecule has 2 aliphatic rings. The number of aryl methyl sites for hydroxylation is 2. The molecular formula is C12H20ClN3O. The Morgan fingerprint density at radius 3 is 2.47 bits per heavy atom. The van der Waals surface area contributed by atoms with Gasteiger partial charge in [0.1, 0.15) is 5.76 Å². The van der Waals surface area contributed by atoms with Crippen LogP contribution in [0.25, 0.3) is 0 Å². The fraction of sp³-hybridized carbons (Fsp3) is 0.750. The van der Waals surface area contributed by atoms with Crippen molar-refractivity contribution in [3.63, 3.8) is 0 Å². The van der Waals surface area contributed by atoms with E-state index in [0.717, 1.165) is 29.8 Å². The molecule has 3 heterocycles. The molecule has 2 saturated heterocycles. The summed E-state index contributed by atoms with van der Waals surface area (Å²) in [4.78, 5) is 2.54. The first-order valence-electron chi connectivity index (χ1n) is 6.09. The van der Waals surface area contributed by atoms with Gasteiger partial charge in [0.15, 0.2) is 0 Å². The maximum atomic E-state index is 5.21. The zero-order valence-corrected chi connectivity index (χ0v) is 11.2. The van der Waals surface area contributed by atoms with E-state index in [-0.39, 0.29) is 12.4 Å². The molecule has 2 atom stereocenters. The highest BCUT2D eigenvalue weighted by Gasteiger charge is 2.36. The predicted octanol–water partition coefficient (Wildman–Crippen LogP) is 1.36. The summed E-state index contributed by atoms with van der Waals surface area (Å²) in [6.45, 7) is 9.89. The lowest BCUT2D eigenvalue weighted by Gasteiger charge is -2.16. The fourth-order valence-corrected chi connectivity index (χ4v) is 3.03. The van der Waals surface area contributed by atoms with Crippen LogP contribution < -0.4 is 5.32 Å². The Bertz CT molecular complexity index is 362. The van der Waals surface area contributed by atoms with Gasteiger partial charge in [0.25, 0.3) is 0 Å². The number of likely N-dealkylation sites (tertiary alicyclic amines) is 1. The molecule has 3 rings (SSSR count). The topological polar surface area (TPSA) is 41.3 Å². The molecule has 0 spiro atoms. The van der Waals surface area contributed by atoms with Crippen molar-refractivity contribution >= 4 is 12.4 Å². The van der Waals surface area contributed by atoms with E-state index in [2.05, 4.69) is 15.4 Å². The molecule has 1 aromatic heterocycles. The van der Waals surface area contributed by atoms with Crippen LogP contribution in [-0.2, 0) is 6.54 Å². The van der Waals surface area contributed by atoms with Crippen molar-refractivity contribution in [2.24, 2.45) is 11.8 Å². The summed E-state index contributed by atoms with van der Waals surface area (Å²) in [6.07, 6.45) is 0. The summed E-state index contributed by atoms with van der Waals surface area (Å²) in [7, 11) is 0. The van der Waals surface area contributed by atoms with E-state index >= 15 is 0 Å². The van der Waals surface area contributed by atoms with Gasteiger partial charge in [0.2, 0.25) is 0 Å². The molecule has 4 nitrogen and oxygen atoms in total. The Morgan fingerprint density at radius 1 is 1.29 bits per heavy atom. The first-order valence-corrected chi connectivity index (χ1v) is 6.09. The van der Waals surface area contributed by atoms with Crippen molar-refractivity contribution < 1.29 is 4.52 Å². The lowest BCUT2D eigenvalue weighted by molar-refractivity contribution is 0.302. The van der Waals surface area contributed by atoms with Crippen LogP contribution in [0.4, 0.5) is 0 Å². The van der Waals surface area contributed by atoms with Crippen LogP contribution in [0.5, 0.6) is 0 Å². The van der Waals surface area contributed by atoms with Crippen LogP contribution in [0.1, 0.15) is 17.0 Å². The molecule has 17 heavy (non-hydrogen) atoms. The highest BCUT2D eigenvalue weighted by Crippen LogP contribution is 2.28. The SMILES string of the molecule is Cc1noc(C)c1CN1C[C@H]2CNC[C@H]2C1.Cl. The van der Waals surface area contributed by atoms with E-state index < -0.39 is 0 Å². The van der Waals surface area contributed by atoms with E-state index in [4.69, 9.17) is 4.52 Å². The summed E-state index contributed by atoms with van der Waals surface area (Å²) in [5.41, 5.74) is 2.33. The quantitative estimate of drug-likeness (QED) is 0.869. The number of aromatic nitrogens is 1. The van der Waals surface area contributed by atoms with Gasteiger partial charge in [0.05, 0.1) is 5.69 Å². The zero-order chi connectivity index (χ0) is 11.1. The second-order valence-electron chi connectivity index (χ2n) is 5.18.